The molecular weight excluding hydrogens is 566 g/mol. The van der Waals surface area contributed by atoms with Gasteiger partial charge in [-0.05, 0) is 0 Å². The Kier molecular flexibility index (Phi) is 48.1. The van der Waals surface area contributed by atoms with Crippen molar-refractivity contribution in [3.63, 3.8) is 0 Å². The van der Waals surface area contributed by atoms with E-state index in [1.165, 1.54) is 21.6 Å². The van der Waals surface area contributed by atoms with Gasteiger partial charge in [-0.25, -0.2) is 8.42 Å². The Bertz CT molecular complexity index is 637. The van der Waals surface area contributed by atoms with Crippen LogP contribution in [0.25, 0.3) is 0 Å². The van der Waals surface area contributed by atoms with Crippen molar-refractivity contribution in [1.82, 2.24) is 0 Å². The average molecular weight is 591 g/mol. The van der Waals surface area contributed by atoms with Crippen molar-refractivity contribution < 1.29 is 104 Å². The van der Waals surface area contributed by atoms with Gasteiger partial charge in [-0.1, -0.05) is 21.6 Å². The van der Waals surface area contributed by atoms with E-state index in [1.807, 2.05) is 0 Å². The normalized spacial score (nSPS) is 13.1. The van der Waals surface area contributed by atoms with Crippen LogP contribution >= 0.6 is 21.6 Å². The minimum atomic E-state index is -4.34. The summed E-state index contributed by atoms with van der Waals surface area (Å²) < 4.78 is 54.8. The van der Waals surface area contributed by atoms with Gasteiger partial charge in [-0.2, -0.15) is 16.7 Å². The fourth-order valence-electron chi connectivity index (χ4n) is 0.646. The van der Waals surface area contributed by atoms with Crippen LogP contribution in [-0.2, 0) is 61.3 Å². The Labute approximate surface area is 252 Å². The molecule has 0 rings (SSSR count). The topological polar surface area (TPSA) is 287 Å². The molecule has 14 nitrogen and oxygen atoms in total. The molecule has 0 spiro atoms. The molecule has 0 saturated carbocycles. The van der Waals surface area contributed by atoms with Crippen LogP contribution in [0.2, 0.25) is 0 Å². The van der Waals surface area contributed by atoms with E-state index >= 15 is 0 Å². The first kappa shape index (κ1) is 47.6. The van der Waals surface area contributed by atoms with E-state index < -0.39 is 51.0 Å². The molecule has 0 saturated heterocycles. The summed E-state index contributed by atoms with van der Waals surface area (Å²) >= 11 is 4.42. The summed E-state index contributed by atoms with van der Waals surface area (Å²) in [5, 5.41) is 0. The Morgan fingerprint density at radius 1 is 0.788 bits per heavy atom. The monoisotopic (exact) mass is 590 g/mol. The molecule has 0 heterocycles. The van der Waals surface area contributed by atoms with Gasteiger partial charge >= 0.3 is 59.1 Å². The van der Waals surface area contributed by atoms with Gasteiger partial charge in [0, 0.05) is 17.5 Å². The number of hydrogen-bond donors (Lipinski definition) is 4. The van der Waals surface area contributed by atoms with Gasteiger partial charge in [0.25, 0.3) is 0 Å². The summed E-state index contributed by atoms with van der Waals surface area (Å²) in [5.74, 6) is 0.611. The van der Waals surface area contributed by atoms with Crippen LogP contribution in [0.3, 0.4) is 0 Å². The zero-order valence-electron chi connectivity index (χ0n) is 17.9. The zero-order valence-corrected chi connectivity index (χ0v) is 26.0. The van der Waals surface area contributed by atoms with Crippen LogP contribution in [0.15, 0.2) is 0 Å². The van der Waals surface area contributed by atoms with E-state index in [0.29, 0.717) is 36.1 Å². The van der Waals surface area contributed by atoms with Gasteiger partial charge in [0.2, 0.25) is 0 Å². The Hall–Kier alpha value is 1.39. The molecule has 4 atom stereocenters. The molecule has 0 radical (unpaired) electrons. The fourth-order valence-corrected chi connectivity index (χ4v) is 3.46. The summed E-state index contributed by atoms with van der Waals surface area (Å²) in [7, 11) is -4.55. The summed E-state index contributed by atoms with van der Waals surface area (Å²) in [6.07, 6.45) is 2.27. The molecule has 0 fully saturated rings. The van der Waals surface area contributed by atoms with Gasteiger partial charge < -0.3 is 72.3 Å². The van der Waals surface area contributed by atoms with Crippen LogP contribution in [0.5, 0.6) is 0 Å². The molecule has 8 N–H and O–H groups in total. The third kappa shape index (κ3) is 60.1. The van der Waals surface area contributed by atoms with Crippen molar-refractivity contribution in [2.45, 2.75) is 24.2 Å². The molecule has 0 aliphatic carbocycles. The van der Waals surface area contributed by atoms with E-state index in [9.17, 15) is 32.1 Å². The van der Waals surface area contributed by atoms with E-state index in [0.717, 1.165) is 0 Å². The number of nitrogens with two attached hydrogens (primary N) is 4. The molecule has 0 aromatic heterocycles. The van der Waals surface area contributed by atoms with Gasteiger partial charge in [-0.15, -0.1) is 0 Å². The zero-order chi connectivity index (χ0) is 25.5. The van der Waals surface area contributed by atoms with E-state index in [2.05, 4.69) is 12.6 Å². The third-order valence-corrected chi connectivity index (χ3v) is 5.60. The first-order chi connectivity index (χ1) is 14.2. The molecule has 4 unspecified atom stereocenters. The maximum atomic E-state index is 10.1. The van der Waals surface area contributed by atoms with E-state index in [4.69, 9.17) is 35.9 Å². The van der Waals surface area contributed by atoms with Crippen LogP contribution in [0.4, 0.5) is 0 Å². The van der Waals surface area contributed by atoms with Gasteiger partial charge in [-0.3, -0.25) is 0 Å². The number of carbonyl (C=O) groups excluding carboxylic acids is 4. The van der Waals surface area contributed by atoms with Crippen LogP contribution in [0, 0.1) is 0 Å². The second-order valence-electron chi connectivity index (χ2n) is 4.86. The van der Waals surface area contributed by atoms with Crippen molar-refractivity contribution in [1.29, 1.82) is 0 Å². The molecule has 186 valence electrons. The maximum absolute atomic E-state index is 10.1. The number of carbonyl (C=O) groups is 4. The van der Waals surface area contributed by atoms with Crippen LogP contribution < -0.4 is 82.0 Å². The minimum absolute atomic E-state index is 0. The number of aldehydes is 4. The first-order valence-electron chi connectivity index (χ1n) is 7.56. The molecule has 0 bridgehead atoms. The summed E-state index contributed by atoms with van der Waals surface area (Å²) in [4.78, 5) is 39.3. The Morgan fingerprint density at radius 2 is 1.06 bits per heavy atom. The van der Waals surface area contributed by atoms with Gasteiger partial charge in [0.05, 0.1) is 34.0 Å². The molecular formula is C12H24N4Na2O10S5-2. The number of rotatable bonds is 12. The average Bonchev–Trinajstić information content (AvgIpc) is 2.69. The van der Waals surface area contributed by atoms with Crippen molar-refractivity contribution in [2.75, 3.05) is 23.0 Å². The number of hydrogen-bond acceptors (Lipinski definition) is 18. The molecule has 0 aliphatic rings. The third-order valence-electron chi connectivity index (χ3n) is 1.89. The summed E-state index contributed by atoms with van der Waals surface area (Å²) in [6.45, 7) is 0. The van der Waals surface area contributed by atoms with E-state index in [-0.39, 0.29) is 65.4 Å². The maximum Gasteiger partial charge on any atom is 1.00 e. The standard InChI is InChI=1S/C6H12N2O2S2.C3H7NO4S.C3H7NOS.2Na.O3S/c7-5(1-9)3-11-12-4-6(8)2-10;4-3(1-5)2-9(6,7)8;4-3(1-5)2-6;;;1-4(2)3/h1-2,5-6H,3-4,7-8H2;1,3H,2,4H2,(H,6,7,8);1,3,6H,2,4H2;;;/q;;;2*+1;-2/p-2. The van der Waals surface area contributed by atoms with Crippen molar-refractivity contribution in [2.24, 2.45) is 22.9 Å². The second-order valence-corrected chi connectivity index (χ2v) is 9.61. The fraction of sp³-hybridized carbons (Fsp3) is 0.667. The van der Waals surface area contributed by atoms with Gasteiger partial charge in [0.15, 0.2) is 0 Å². The van der Waals surface area contributed by atoms with Gasteiger partial charge in [0.1, 0.15) is 25.1 Å². The van der Waals surface area contributed by atoms with Crippen molar-refractivity contribution in [3.8, 4) is 0 Å². The second kappa shape index (κ2) is 33.4. The molecule has 21 heteroatoms. The quantitative estimate of drug-likeness (QED) is 0.0312. The predicted octanol–water partition coefficient (Wildman–Crippen LogP) is -10.0. The largest absolute Gasteiger partial charge is 1.00 e. The molecule has 0 aliphatic heterocycles. The summed E-state index contributed by atoms with van der Waals surface area (Å²) in [6, 6.07) is -2.46. The van der Waals surface area contributed by atoms with E-state index in [1.54, 1.807) is 0 Å². The predicted molar refractivity (Wildman–Crippen MR) is 117 cm³/mol. The Morgan fingerprint density at radius 3 is 1.18 bits per heavy atom. The SMILES string of the molecule is NC(C=O)CS(=O)(=O)[O-].NC(C=O)CSSCC(N)C=O.NC(C=O)C[S-].O=[S-](=O)[O-].[Na+].[Na+]. The summed E-state index contributed by atoms with van der Waals surface area (Å²) in [5.41, 5.74) is 20.5. The molecule has 0 amide bonds. The van der Waals surface area contributed by atoms with Crippen LogP contribution in [-0.4, -0.2) is 89.8 Å². The molecule has 0 aromatic rings. The Balaban J connectivity index is -0.0000000773. The van der Waals surface area contributed by atoms with Crippen molar-refractivity contribution >= 4 is 80.5 Å². The van der Waals surface area contributed by atoms with Crippen molar-refractivity contribution in [3.05, 3.63) is 0 Å². The molecule has 0 aromatic carbocycles. The first-order valence-corrected chi connectivity index (χ1v) is 13.2. The molecule has 33 heavy (non-hydrogen) atoms. The van der Waals surface area contributed by atoms with Crippen LogP contribution in [0.1, 0.15) is 0 Å². The smallest absolute Gasteiger partial charge is 0.917 e. The minimum Gasteiger partial charge on any atom is -0.917 e.